The first-order chi connectivity index (χ1) is 9.56. The van der Waals surface area contributed by atoms with E-state index in [-0.39, 0.29) is 17.8 Å². The molecule has 0 unspecified atom stereocenters. The van der Waals surface area contributed by atoms with Crippen molar-refractivity contribution >= 4 is 17.6 Å². The Morgan fingerprint density at radius 1 is 1.35 bits per heavy atom. The summed E-state index contributed by atoms with van der Waals surface area (Å²) in [4.78, 5) is 12.0. The zero-order valence-electron chi connectivity index (χ0n) is 11.2. The van der Waals surface area contributed by atoms with Crippen molar-refractivity contribution in [3.8, 4) is 11.6 Å². The molecule has 0 atom stereocenters. The van der Waals surface area contributed by atoms with Crippen LogP contribution in [-0.4, -0.2) is 28.1 Å². The van der Waals surface area contributed by atoms with Crippen LogP contribution in [0.15, 0.2) is 35.3 Å². The van der Waals surface area contributed by atoms with E-state index in [1.807, 2.05) is 6.07 Å². The summed E-state index contributed by atoms with van der Waals surface area (Å²) in [6, 6.07) is 8.58. The number of aliphatic imine (C=N–C) groups is 1. The number of aromatic nitrogens is 2. The topological polar surface area (TPSA) is 106 Å². The van der Waals surface area contributed by atoms with Crippen molar-refractivity contribution in [2.75, 3.05) is 12.4 Å². The van der Waals surface area contributed by atoms with Crippen molar-refractivity contribution < 1.29 is 9.84 Å². The highest BCUT2D eigenvalue weighted by atomic mass is 16.5. The summed E-state index contributed by atoms with van der Waals surface area (Å²) in [5, 5.41) is 12.1. The molecular weight excluding hydrogens is 258 g/mol. The molecule has 0 radical (unpaired) electrons. The number of aryl methyl sites for hydroxylation is 1. The monoisotopic (exact) mass is 273 g/mol. The van der Waals surface area contributed by atoms with E-state index >= 15 is 0 Å². The maximum absolute atomic E-state index is 9.38. The fourth-order valence-corrected chi connectivity index (χ4v) is 1.57. The number of guanidine groups is 1. The van der Waals surface area contributed by atoms with Crippen molar-refractivity contribution in [1.29, 1.82) is 0 Å². The molecule has 0 bridgehead atoms. The third-order valence-electron chi connectivity index (χ3n) is 2.38. The zero-order chi connectivity index (χ0) is 14.5. The molecular formula is C13H15N5O2. The summed E-state index contributed by atoms with van der Waals surface area (Å²) in [6.45, 7) is 1.74. The second kappa shape index (κ2) is 5.87. The molecule has 0 aliphatic carbocycles. The van der Waals surface area contributed by atoms with Gasteiger partial charge in [-0.3, -0.25) is 5.32 Å². The summed E-state index contributed by atoms with van der Waals surface area (Å²) in [6.07, 6.45) is 0. The van der Waals surface area contributed by atoms with Crippen molar-refractivity contribution in [3.63, 3.8) is 0 Å². The Bertz CT molecular complexity index is 622. The van der Waals surface area contributed by atoms with Crippen LogP contribution in [0, 0.1) is 6.92 Å². The lowest BCUT2D eigenvalue weighted by Gasteiger charge is -2.05. The average Bonchev–Trinajstić information content (AvgIpc) is 2.37. The van der Waals surface area contributed by atoms with Crippen molar-refractivity contribution in [2.45, 2.75) is 6.92 Å². The molecule has 0 aliphatic heterocycles. The first-order valence-electron chi connectivity index (χ1n) is 5.87. The summed E-state index contributed by atoms with van der Waals surface area (Å²) >= 11 is 0. The van der Waals surface area contributed by atoms with Gasteiger partial charge in [0.15, 0.2) is 0 Å². The van der Waals surface area contributed by atoms with Gasteiger partial charge < -0.3 is 15.6 Å². The Balaban J connectivity index is 2.17. The highest BCUT2D eigenvalue weighted by molar-refractivity contribution is 5.92. The Morgan fingerprint density at radius 2 is 2.15 bits per heavy atom. The fraction of sp³-hybridized carbons (Fsp3) is 0.154. The Hall–Kier alpha value is -2.83. The standard InChI is InChI=1S/C13H15N5O2/c1-8-6-11(19)17-13(15-8)18-12(14)16-9-4-3-5-10(7-9)20-2/h3-7H,1-2H3,(H4,14,15,16,17,18,19). The van der Waals surface area contributed by atoms with Gasteiger partial charge >= 0.3 is 0 Å². The number of anilines is 1. The second-order valence-corrected chi connectivity index (χ2v) is 4.01. The van der Waals surface area contributed by atoms with Crippen LogP contribution in [0.3, 0.4) is 0 Å². The maximum atomic E-state index is 9.38. The van der Waals surface area contributed by atoms with Crippen LogP contribution in [0.4, 0.5) is 11.6 Å². The van der Waals surface area contributed by atoms with Crippen LogP contribution in [0.25, 0.3) is 0 Å². The first-order valence-corrected chi connectivity index (χ1v) is 5.87. The molecule has 1 aromatic heterocycles. The van der Waals surface area contributed by atoms with Crippen molar-refractivity contribution in [3.05, 3.63) is 36.0 Å². The molecule has 7 heteroatoms. The predicted octanol–water partition coefficient (Wildman–Crippen LogP) is 1.56. The molecule has 0 fully saturated rings. The minimum atomic E-state index is -0.130. The molecule has 2 aromatic rings. The van der Waals surface area contributed by atoms with E-state index in [0.29, 0.717) is 17.1 Å². The highest BCUT2D eigenvalue weighted by Crippen LogP contribution is 2.19. The molecule has 2 rings (SSSR count). The van der Waals surface area contributed by atoms with E-state index < -0.39 is 0 Å². The van der Waals surface area contributed by atoms with Gasteiger partial charge in [0.25, 0.3) is 0 Å². The SMILES string of the molecule is COc1cccc(N=C(N)Nc2nc(C)cc(O)n2)c1. The number of nitrogens with two attached hydrogens (primary N) is 1. The second-order valence-electron chi connectivity index (χ2n) is 4.01. The lowest BCUT2D eigenvalue weighted by Crippen LogP contribution is -2.23. The summed E-state index contributed by atoms with van der Waals surface area (Å²) in [5.74, 6) is 0.854. The number of hydrogen-bond acceptors (Lipinski definition) is 5. The molecule has 0 amide bonds. The lowest BCUT2D eigenvalue weighted by molar-refractivity contribution is 0.415. The Morgan fingerprint density at radius 3 is 2.85 bits per heavy atom. The maximum Gasteiger partial charge on any atom is 0.233 e. The molecule has 4 N–H and O–H groups in total. The van der Waals surface area contributed by atoms with Gasteiger partial charge in [0.05, 0.1) is 12.8 Å². The largest absolute Gasteiger partial charge is 0.497 e. The minimum absolute atomic E-state index is 0.114. The van der Waals surface area contributed by atoms with Crippen molar-refractivity contribution in [1.82, 2.24) is 9.97 Å². The zero-order valence-corrected chi connectivity index (χ0v) is 11.2. The first kappa shape index (κ1) is 13.6. The number of ether oxygens (including phenoxy) is 1. The molecule has 104 valence electrons. The van der Waals surface area contributed by atoms with E-state index in [0.717, 1.165) is 0 Å². The van der Waals surface area contributed by atoms with Gasteiger partial charge in [-0.1, -0.05) is 6.07 Å². The summed E-state index contributed by atoms with van der Waals surface area (Å²) in [7, 11) is 1.58. The smallest absolute Gasteiger partial charge is 0.233 e. The van der Waals surface area contributed by atoms with Gasteiger partial charge in [-0.15, -0.1) is 0 Å². The van der Waals surface area contributed by atoms with E-state index in [1.54, 1.807) is 32.2 Å². The molecule has 20 heavy (non-hydrogen) atoms. The van der Waals surface area contributed by atoms with E-state index in [2.05, 4.69) is 20.3 Å². The summed E-state index contributed by atoms with van der Waals surface area (Å²) in [5.41, 5.74) is 7.02. The lowest BCUT2D eigenvalue weighted by atomic mass is 10.3. The van der Waals surface area contributed by atoms with Crippen LogP contribution in [0.5, 0.6) is 11.6 Å². The van der Waals surface area contributed by atoms with Gasteiger partial charge in [0, 0.05) is 17.8 Å². The average molecular weight is 273 g/mol. The van der Waals surface area contributed by atoms with Gasteiger partial charge in [0.1, 0.15) is 5.75 Å². The molecule has 0 aliphatic rings. The molecule has 1 heterocycles. The van der Waals surface area contributed by atoms with Gasteiger partial charge in [-0.25, -0.2) is 9.98 Å². The highest BCUT2D eigenvalue weighted by Gasteiger charge is 2.03. The fourth-order valence-electron chi connectivity index (χ4n) is 1.57. The normalized spacial score (nSPS) is 11.2. The quantitative estimate of drug-likeness (QED) is 0.579. The van der Waals surface area contributed by atoms with Crippen LogP contribution >= 0.6 is 0 Å². The van der Waals surface area contributed by atoms with Gasteiger partial charge in [-0.05, 0) is 19.1 Å². The van der Waals surface area contributed by atoms with E-state index in [9.17, 15) is 5.11 Å². The van der Waals surface area contributed by atoms with Crippen LogP contribution in [-0.2, 0) is 0 Å². The molecule has 0 spiro atoms. The predicted molar refractivity (Wildman–Crippen MR) is 76.3 cm³/mol. The molecule has 7 nitrogen and oxygen atoms in total. The number of nitrogens with one attached hydrogen (secondary N) is 1. The van der Waals surface area contributed by atoms with Crippen LogP contribution in [0.2, 0.25) is 0 Å². The number of nitrogens with zero attached hydrogens (tertiary/aromatic N) is 3. The van der Waals surface area contributed by atoms with Gasteiger partial charge in [-0.2, -0.15) is 4.98 Å². The molecule has 0 saturated heterocycles. The molecule has 0 saturated carbocycles. The number of rotatable bonds is 3. The third kappa shape index (κ3) is 3.58. The van der Waals surface area contributed by atoms with Crippen LogP contribution < -0.4 is 15.8 Å². The Kier molecular flexibility index (Phi) is 3.99. The number of aromatic hydroxyl groups is 1. The van der Waals surface area contributed by atoms with Crippen LogP contribution in [0.1, 0.15) is 5.69 Å². The third-order valence-corrected chi connectivity index (χ3v) is 2.38. The summed E-state index contributed by atoms with van der Waals surface area (Å²) < 4.78 is 5.10. The minimum Gasteiger partial charge on any atom is -0.497 e. The number of benzene rings is 1. The number of hydrogen-bond donors (Lipinski definition) is 3. The number of methoxy groups -OCH3 is 1. The van der Waals surface area contributed by atoms with Gasteiger partial charge in [0.2, 0.25) is 17.8 Å². The molecule has 1 aromatic carbocycles. The Labute approximate surface area is 116 Å². The van der Waals surface area contributed by atoms with Crippen molar-refractivity contribution in [2.24, 2.45) is 10.7 Å². The van der Waals surface area contributed by atoms with E-state index in [1.165, 1.54) is 6.07 Å². The van der Waals surface area contributed by atoms with E-state index in [4.69, 9.17) is 10.5 Å².